The first kappa shape index (κ1) is 49.9. The van der Waals surface area contributed by atoms with Crippen LogP contribution in [0.15, 0.2) is 72.9 Å². The van der Waals surface area contributed by atoms with E-state index in [2.05, 4.69) is 79.9 Å². The molecule has 5 N–H and O–H groups in total. The molecule has 0 aromatic heterocycles. The number of aliphatic hydroxyl groups excluding tert-OH is 1. The second kappa shape index (κ2) is 38.7. The van der Waals surface area contributed by atoms with Crippen molar-refractivity contribution < 1.29 is 28.4 Å². The largest absolute Gasteiger partial charge is 0.472 e. The number of hydrogen-bond donors (Lipinski definition) is 4. The summed E-state index contributed by atoms with van der Waals surface area (Å²) in [6, 6.07) is -0.868. The molecule has 0 spiro atoms. The molecule has 0 aliphatic rings. The van der Waals surface area contributed by atoms with E-state index in [9.17, 15) is 19.4 Å². The van der Waals surface area contributed by atoms with Gasteiger partial charge < -0.3 is 21.1 Å². The molecule has 0 rings (SSSR count). The highest BCUT2D eigenvalue weighted by Crippen LogP contribution is 2.43. The van der Waals surface area contributed by atoms with Gasteiger partial charge in [0.25, 0.3) is 0 Å². The number of allylic oxidation sites excluding steroid dienone is 11. The van der Waals surface area contributed by atoms with E-state index in [1.807, 2.05) is 6.08 Å². The van der Waals surface area contributed by atoms with Crippen LogP contribution in [0.1, 0.15) is 162 Å². The van der Waals surface area contributed by atoms with Crippen LogP contribution in [0.5, 0.6) is 0 Å². The third-order valence-electron chi connectivity index (χ3n) is 8.54. The maximum atomic E-state index is 12.7. The average molecular weight is 749 g/mol. The number of phosphoric ester groups is 1. The van der Waals surface area contributed by atoms with Crippen LogP contribution in [0.3, 0.4) is 0 Å². The van der Waals surface area contributed by atoms with Crippen molar-refractivity contribution in [3.63, 3.8) is 0 Å². The molecule has 0 aromatic carbocycles. The lowest BCUT2D eigenvalue weighted by Gasteiger charge is -2.23. The molecule has 0 aliphatic carbocycles. The molecule has 9 heteroatoms. The fraction of sp³-hybridized carbons (Fsp3) is 0.698. The lowest BCUT2D eigenvalue weighted by atomic mass is 10.1. The van der Waals surface area contributed by atoms with E-state index in [1.54, 1.807) is 6.08 Å². The van der Waals surface area contributed by atoms with Crippen molar-refractivity contribution >= 4 is 13.7 Å². The van der Waals surface area contributed by atoms with Crippen LogP contribution >= 0.6 is 7.82 Å². The molecule has 0 saturated carbocycles. The Morgan fingerprint density at radius 1 is 0.654 bits per heavy atom. The Kier molecular flexibility index (Phi) is 37.1. The Hall–Kier alpha value is -2.06. The number of carbonyl (C=O) groups is 1. The monoisotopic (exact) mass is 749 g/mol. The Morgan fingerprint density at radius 2 is 1.12 bits per heavy atom. The molecule has 0 bridgehead atoms. The van der Waals surface area contributed by atoms with Gasteiger partial charge in [-0.25, -0.2) is 4.57 Å². The van der Waals surface area contributed by atoms with Gasteiger partial charge in [-0.2, -0.15) is 0 Å². The molecule has 0 fully saturated rings. The molecule has 8 nitrogen and oxygen atoms in total. The molecule has 3 atom stereocenters. The molecule has 0 aromatic rings. The highest BCUT2D eigenvalue weighted by atomic mass is 31.2. The molecule has 0 heterocycles. The van der Waals surface area contributed by atoms with Gasteiger partial charge >= 0.3 is 7.82 Å². The lowest BCUT2D eigenvalue weighted by molar-refractivity contribution is -0.123. The molecule has 0 aliphatic heterocycles. The second-order valence-electron chi connectivity index (χ2n) is 13.5. The SMILES string of the molecule is CC/C=C\C/C=C\C/C=C\C/C=C\C/C=C\CCCCCCCCCC(=O)NC(COP(=O)(O)OCCN)C(O)/C=C/CCCCCCCCCC. The van der Waals surface area contributed by atoms with Gasteiger partial charge in [-0.15, -0.1) is 0 Å². The van der Waals surface area contributed by atoms with E-state index in [0.29, 0.717) is 6.42 Å². The standard InChI is InChI=1S/C43H77N2O6P/c1-3-5-7-9-11-13-15-16-17-18-19-20-21-22-23-24-25-26-27-29-31-33-35-37-43(47)45-41(40-51-52(48,49)50-39-38-44)42(46)36-34-32-30-28-14-12-10-8-6-4-2/h5,7,11,13,16-17,19-20,22-23,34,36,41-42,46H,3-4,6,8-10,12,14-15,18,21,24-33,35,37-40,44H2,1-2H3,(H,45,47)(H,48,49)/b7-5-,13-11-,17-16-,20-19-,23-22-,36-34+. The van der Waals surface area contributed by atoms with Crippen LogP contribution in [0.4, 0.5) is 0 Å². The van der Waals surface area contributed by atoms with E-state index in [-0.39, 0.29) is 25.7 Å². The van der Waals surface area contributed by atoms with Crippen LogP contribution in [-0.4, -0.2) is 47.8 Å². The number of rotatable bonds is 37. The van der Waals surface area contributed by atoms with Crippen LogP contribution in [-0.2, 0) is 18.4 Å². The number of phosphoric acid groups is 1. The summed E-state index contributed by atoms with van der Waals surface area (Å²) in [4.78, 5) is 22.6. The molecule has 3 unspecified atom stereocenters. The molecule has 300 valence electrons. The summed E-state index contributed by atoms with van der Waals surface area (Å²) in [6.45, 7) is 3.97. The number of nitrogens with one attached hydrogen (secondary N) is 1. The number of hydrogen-bond acceptors (Lipinski definition) is 6. The topological polar surface area (TPSA) is 131 Å². The zero-order valence-electron chi connectivity index (χ0n) is 33.0. The van der Waals surface area contributed by atoms with Crippen LogP contribution in [0.25, 0.3) is 0 Å². The van der Waals surface area contributed by atoms with Crippen molar-refractivity contribution in [1.82, 2.24) is 5.32 Å². The minimum atomic E-state index is -4.34. The number of nitrogens with two attached hydrogens (primary N) is 1. The first-order valence-corrected chi connectivity index (χ1v) is 22.1. The third-order valence-corrected chi connectivity index (χ3v) is 9.52. The van der Waals surface area contributed by atoms with E-state index >= 15 is 0 Å². The second-order valence-corrected chi connectivity index (χ2v) is 14.9. The molecule has 1 amide bonds. The van der Waals surface area contributed by atoms with Gasteiger partial charge in [-0.3, -0.25) is 13.8 Å². The predicted octanol–water partition coefficient (Wildman–Crippen LogP) is 11.3. The highest BCUT2D eigenvalue weighted by Gasteiger charge is 2.26. The lowest BCUT2D eigenvalue weighted by Crippen LogP contribution is -2.45. The van der Waals surface area contributed by atoms with Gasteiger partial charge in [-0.05, 0) is 64.2 Å². The zero-order valence-corrected chi connectivity index (χ0v) is 33.9. The van der Waals surface area contributed by atoms with Gasteiger partial charge in [0, 0.05) is 13.0 Å². The maximum Gasteiger partial charge on any atom is 0.472 e. The van der Waals surface area contributed by atoms with Crippen molar-refractivity contribution in [2.45, 2.75) is 174 Å². The fourth-order valence-corrected chi connectivity index (χ4v) is 6.21. The quantitative estimate of drug-likeness (QED) is 0.0282. The van der Waals surface area contributed by atoms with Crippen molar-refractivity contribution in [3.05, 3.63) is 72.9 Å². The van der Waals surface area contributed by atoms with Gasteiger partial charge in [0.2, 0.25) is 5.91 Å². The number of carbonyl (C=O) groups excluding carboxylic acids is 1. The average Bonchev–Trinajstić information content (AvgIpc) is 3.13. The summed E-state index contributed by atoms with van der Waals surface area (Å²) in [5, 5.41) is 13.6. The first-order valence-electron chi connectivity index (χ1n) is 20.6. The molecule has 52 heavy (non-hydrogen) atoms. The Balaban J connectivity index is 4.19. The highest BCUT2D eigenvalue weighted by molar-refractivity contribution is 7.47. The Labute approximate surface area is 318 Å². The van der Waals surface area contributed by atoms with E-state index < -0.39 is 20.0 Å². The summed E-state index contributed by atoms with van der Waals surface area (Å²) in [6.07, 6.45) is 49.5. The molecular weight excluding hydrogens is 671 g/mol. The summed E-state index contributed by atoms with van der Waals surface area (Å²) < 4.78 is 22.0. The molecule has 0 radical (unpaired) electrons. The fourth-order valence-electron chi connectivity index (χ4n) is 5.45. The van der Waals surface area contributed by atoms with Crippen LogP contribution in [0, 0.1) is 0 Å². The van der Waals surface area contributed by atoms with Crippen molar-refractivity contribution in [2.24, 2.45) is 5.73 Å². The van der Waals surface area contributed by atoms with E-state index in [4.69, 9.17) is 14.8 Å². The third kappa shape index (κ3) is 36.3. The van der Waals surface area contributed by atoms with Gasteiger partial charge in [0.15, 0.2) is 0 Å². The van der Waals surface area contributed by atoms with Crippen molar-refractivity contribution in [2.75, 3.05) is 19.8 Å². The Morgan fingerprint density at radius 3 is 1.63 bits per heavy atom. The maximum absolute atomic E-state index is 12.7. The minimum absolute atomic E-state index is 0.0727. The van der Waals surface area contributed by atoms with Crippen molar-refractivity contribution in [1.29, 1.82) is 0 Å². The predicted molar refractivity (Wildman–Crippen MR) is 221 cm³/mol. The number of aliphatic hydroxyl groups is 1. The van der Waals surface area contributed by atoms with Crippen molar-refractivity contribution in [3.8, 4) is 0 Å². The molecular formula is C43H77N2O6P. The summed E-state index contributed by atoms with van der Waals surface area (Å²) >= 11 is 0. The van der Waals surface area contributed by atoms with Crippen LogP contribution < -0.4 is 11.1 Å². The zero-order chi connectivity index (χ0) is 38.2. The van der Waals surface area contributed by atoms with Gasteiger partial charge in [0.05, 0.1) is 25.4 Å². The van der Waals surface area contributed by atoms with E-state index in [1.165, 1.54) is 57.8 Å². The summed E-state index contributed by atoms with van der Waals surface area (Å²) in [5.41, 5.74) is 5.36. The van der Waals surface area contributed by atoms with Gasteiger partial charge in [0.1, 0.15) is 0 Å². The molecule has 0 saturated heterocycles. The van der Waals surface area contributed by atoms with Crippen LogP contribution in [0.2, 0.25) is 0 Å². The first-order chi connectivity index (χ1) is 25.4. The minimum Gasteiger partial charge on any atom is -0.387 e. The van der Waals surface area contributed by atoms with E-state index in [0.717, 1.165) is 83.5 Å². The summed E-state index contributed by atoms with van der Waals surface area (Å²) in [7, 11) is -4.34. The smallest absolute Gasteiger partial charge is 0.387 e. The van der Waals surface area contributed by atoms with Gasteiger partial charge in [-0.1, -0.05) is 164 Å². The number of unbranched alkanes of at least 4 members (excludes halogenated alkanes) is 15. The number of amides is 1. The summed E-state index contributed by atoms with van der Waals surface area (Å²) in [5.74, 6) is -0.211. The normalized spacial score (nSPS) is 14.9. The Bertz CT molecular complexity index is 1040.